The number of nitrogens with zero attached hydrogens (tertiary/aromatic N) is 5. The van der Waals surface area contributed by atoms with Crippen LogP contribution in [0.4, 0.5) is 0 Å². The Morgan fingerprint density at radius 1 is 1.23 bits per heavy atom. The van der Waals surface area contributed by atoms with Crippen LogP contribution in [0.25, 0.3) is 0 Å². The molecule has 1 aliphatic carbocycles. The molecule has 1 fully saturated rings. The number of aliphatic imine (C=N–C) groups is 1. The minimum atomic E-state index is 0. The van der Waals surface area contributed by atoms with Gasteiger partial charge in [-0.1, -0.05) is 12.8 Å². The highest BCUT2D eigenvalue weighted by molar-refractivity contribution is 14.0. The van der Waals surface area contributed by atoms with E-state index in [-0.39, 0.29) is 24.0 Å². The first-order valence-corrected chi connectivity index (χ1v) is 8.85. The maximum atomic E-state index is 5.64. The quantitative estimate of drug-likeness (QED) is 0.394. The third-order valence-corrected chi connectivity index (χ3v) is 4.74. The van der Waals surface area contributed by atoms with E-state index in [1.807, 2.05) is 32.4 Å². The molecular weight excluding hydrogens is 445 g/mol. The number of aromatic nitrogens is 4. The number of hydrogen-bond acceptors (Lipinski definition) is 5. The molecule has 0 bridgehead atoms. The van der Waals surface area contributed by atoms with Gasteiger partial charge in [-0.05, 0) is 33.6 Å². The summed E-state index contributed by atoms with van der Waals surface area (Å²) in [5.41, 5.74) is 0.925. The van der Waals surface area contributed by atoms with Gasteiger partial charge in [0.05, 0.1) is 12.2 Å². The smallest absolute Gasteiger partial charge is 0.214 e. The van der Waals surface area contributed by atoms with Gasteiger partial charge in [0.25, 0.3) is 0 Å². The molecule has 144 valence electrons. The van der Waals surface area contributed by atoms with Crippen LogP contribution in [-0.4, -0.2) is 31.7 Å². The maximum absolute atomic E-state index is 5.64. The van der Waals surface area contributed by atoms with E-state index in [1.54, 1.807) is 0 Å². The molecule has 0 amide bonds. The lowest BCUT2D eigenvalue weighted by molar-refractivity contribution is 0.462. The SMILES string of the molecule is Cc1nc(CNC(=NCc2nnc(C)n2C)NC2CCCC2)oc1C.I. The number of halogens is 1. The Bertz CT molecular complexity index is 727. The van der Waals surface area contributed by atoms with Gasteiger partial charge >= 0.3 is 0 Å². The lowest BCUT2D eigenvalue weighted by atomic mass is 10.2. The van der Waals surface area contributed by atoms with Crippen molar-refractivity contribution in [3.63, 3.8) is 0 Å². The minimum absolute atomic E-state index is 0. The predicted molar refractivity (Wildman–Crippen MR) is 111 cm³/mol. The summed E-state index contributed by atoms with van der Waals surface area (Å²) in [6.07, 6.45) is 4.90. The van der Waals surface area contributed by atoms with Gasteiger partial charge in [0.15, 0.2) is 11.8 Å². The van der Waals surface area contributed by atoms with Crippen molar-refractivity contribution in [2.45, 2.75) is 65.6 Å². The van der Waals surface area contributed by atoms with Crippen molar-refractivity contribution in [2.75, 3.05) is 0 Å². The molecule has 3 rings (SSSR count). The van der Waals surface area contributed by atoms with Crippen LogP contribution < -0.4 is 10.6 Å². The monoisotopic (exact) mass is 473 g/mol. The second-order valence-electron chi connectivity index (χ2n) is 6.62. The molecule has 0 radical (unpaired) electrons. The van der Waals surface area contributed by atoms with Gasteiger partial charge in [-0.15, -0.1) is 34.2 Å². The fraction of sp³-hybridized carbons (Fsp3) is 0.647. The molecule has 0 aromatic carbocycles. The highest BCUT2D eigenvalue weighted by atomic mass is 127. The molecular formula is C17H28IN7O. The maximum Gasteiger partial charge on any atom is 0.214 e. The summed E-state index contributed by atoms with van der Waals surface area (Å²) < 4.78 is 7.59. The van der Waals surface area contributed by atoms with Gasteiger partial charge in [-0.2, -0.15) is 0 Å². The van der Waals surface area contributed by atoms with E-state index in [1.165, 1.54) is 25.7 Å². The van der Waals surface area contributed by atoms with Gasteiger partial charge in [0.2, 0.25) is 5.89 Å². The lowest BCUT2D eigenvalue weighted by Crippen LogP contribution is -2.42. The summed E-state index contributed by atoms with van der Waals surface area (Å²) >= 11 is 0. The average molecular weight is 473 g/mol. The van der Waals surface area contributed by atoms with Crippen LogP contribution in [0.1, 0.15) is 54.7 Å². The Morgan fingerprint density at radius 2 is 1.96 bits per heavy atom. The summed E-state index contributed by atoms with van der Waals surface area (Å²) in [5, 5.41) is 15.1. The molecule has 2 N–H and O–H groups in total. The normalized spacial score (nSPS) is 15.2. The molecule has 0 aliphatic heterocycles. The van der Waals surface area contributed by atoms with Crippen LogP contribution in [0.2, 0.25) is 0 Å². The van der Waals surface area contributed by atoms with Gasteiger partial charge in [0, 0.05) is 13.1 Å². The standard InChI is InChI=1S/C17H27N7O.HI/c1-11-12(2)25-16(20-11)10-19-17(21-14-7-5-6-8-14)18-9-15-23-22-13(3)24(15)4;/h14H,5-10H2,1-4H3,(H2,18,19,21);1H. The molecule has 0 saturated heterocycles. The molecule has 2 heterocycles. The van der Waals surface area contributed by atoms with E-state index in [4.69, 9.17) is 4.42 Å². The summed E-state index contributed by atoms with van der Waals surface area (Å²) in [7, 11) is 1.95. The zero-order chi connectivity index (χ0) is 17.8. The topological polar surface area (TPSA) is 93.2 Å². The van der Waals surface area contributed by atoms with Crippen LogP contribution in [0.15, 0.2) is 9.41 Å². The molecule has 0 unspecified atom stereocenters. The van der Waals surface area contributed by atoms with Crippen molar-refractivity contribution in [3.8, 4) is 0 Å². The van der Waals surface area contributed by atoms with Gasteiger partial charge in [-0.3, -0.25) is 0 Å². The molecule has 2 aromatic rings. The van der Waals surface area contributed by atoms with Crippen molar-refractivity contribution in [1.29, 1.82) is 0 Å². The largest absolute Gasteiger partial charge is 0.444 e. The lowest BCUT2D eigenvalue weighted by Gasteiger charge is -2.16. The van der Waals surface area contributed by atoms with Crippen molar-refractivity contribution >= 4 is 29.9 Å². The summed E-state index contributed by atoms with van der Waals surface area (Å²) in [4.78, 5) is 9.09. The van der Waals surface area contributed by atoms with Gasteiger partial charge in [-0.25, -0.2) is 9.98 Å². The molecule has 0 spiro atoms. The molecule has 9 heteroatoms. The molecule has 0 atom stereocenters. The van der Waals surface area contributed by atoms with Gasteiger partial charge < -0.3 is 19.6 Å². The number of hydrogen-bond donors (Lipinski definition) is 2. The summed E-state index contributed by atoms with van der Waals surface area (Å²) in [5.74, 6) is 4.02. The Labute approximate surface area is 171 Å². The van der Waals surface area contributed by atoms with E-state index in [2.05, 4.69) is 30.8 Å². The van der Waals surface area contributed by atoms with E-state index >= 15 is 0 Å². The fourth-order valence-corrected chi connectivity index (χ4v) is 2.93. The van der Waals surface area contributed by atoms with Gasteiger partial charge in [0.1, 0.15) is 18.1 Å². The first kappa shape index (κ1) is 20.7. The molecule has 1 aliphatic rings. The van der Waals surface area contributed by atoms with Crippen LogP contribution >= 0.6 is 24.0 Å². The first-order chi connectivity index (χ1) is 12.0. The summed E-state index contributed by atoms with van der Waals surface area (Å²) in [6, 6.07) is 0.473. The zero-order valence-corrected chi connectivity index (χ0v) is 18.2. The second-order valence-corrected chi connectivity index (χ2v) is 6.62. The molecule has 2 aromatic heterocycles. The average Bonchev–Trinajstić information content (AvgIpc) is 3.28. The second kappa shape index (κ2) is 9.33. The van der Waals surface area contributed by atoms with Crippen LogP contribution in [0, 0.1) is 20.8 Å². The number of guanidine groups is 1. The van der Waals surface area contributed by atoms with Crippen molar-refractivity contribution in [1.82, 2.24) is 30.4 Å². The molecule has 8 nitrogen and oxygen atoms in total. The molecule has 1 saturated carbocycles. The Balaban J connectivity index is 0.00000243. The van der Waals surface area contributed by atoms with E-state index in [0.717, 1.165) is 29.1 Å². The Morgan fingerprint density at radius 3 is 2.54 bits per heavy atom. The van der Waals surface area contributed by atoms with E-state index in [9.17, 15) is 0 Å². The fourth-order valence-electron chi connectivity index (χ4n) is 2.93. The third-order valence-electron chi connectivity index (χ3n) is 4.74. The minimum Gasteiger partial charge on any atom is -0.444 e. The number of rotatable bonds is 5. The van der Waals surface area contributed by atoms with E-state index < -0.39 is 0 Å². The highest BCUT2D eigenvalue weighted by Crippen LogP contribution is 2.17. The number of nitrogens with one attached hydrogen (secondary N) is 2. The predicted octanol–water partition coefficient (Wildman–Crippen LogP) is 2.52. The van der Waals surface area contributed by atoms with Crippen LogP contribution in [0.3, 0.4) is 0 Å². The van der Waals surface area contributed by atoms with Crippen molar-refractivity contribution < 1.29 is 4.42 Å². The van der Waals surface area contributed by atoms with Crippen LogP contribution in [0.5, 0.6) is 0 Å². The highest BCUT2D eigenvalue weighted by Gasteiger charge is 2.17. The Hall–Kier alpha value is -1.65. The molecule has 26 heavy (non-hydrogen) atoms. The van der Waals surface area contributed by atoms with E-state index in [0.29, 0.717) is 25.0 Å². The van der Waals surface area contributed by atoms with Crippen molar-refractivity contribution in [2.24, 2.45) is 12.0 Å². The zero-order valence-electron chi connectivity index (χ0n) is 15.9. The Kier molecular flexibility index (Phi) is 7.42. The van der Waals surface area contributed by atoms with Crippen LogP contribution in [-0.2, 0) is 20.1 Å². The third kappa shape index (κ3) is 5.18. The summed E-state index contributed by atoms with van der Waals surface area (Å²) in [6.45, 7) is 6.79. The first-order valence-electron chi connectivity index (χ1n) is 8.85. The number of aryl methyl sites for hydroxylation is 3. The number of oxazole rings is 1. The van der Waals surface area contributed by atoms with Crippen molar-refractivity contribution in [3.05, 3.63) is 29.0 Å².